The molecule has 0 saturated heterocycles. The van der Waals surface area contributed by atoms with Gasteiger partial charge in [-0.25, -0.2) is 0 Å². The molecule has 1 aromatic heterocycles. The van der Waals surface area contributed by atoms with Crippen LogP contribution in [-0.2, 0) is 16.0 Å². The van der Waals surface area contributed by atoms with Gasteiger partial charge in [0.2, 0.25) is 0 Å². The monoisotopic (exact) mass is 221 g/mol. The molecule has 1 heterocycles. The van der Waals surface area contributed by atoms with Gasteiger partial charge in [-0.2, -0.15) is 0 Å². The summed E-state index contributed by atoms with van der Waals surface area (Å²) in [6.07, 6.45) is 3.97. The van der Waals surface area contributed by atoms with E-state index in [0.29, 0.717) is 6.42 Å². The van der Waals surface area contributed by atoms with Gasteiger partial charge in [-0.05, 0) is 38.0 Å². The van der Waals surface area contributed by atoms with E-state index in [2.05, 4.69) is 10.3 Å². The second-order valence-corrected chi connectivity index (χ2v) is 4.23. The van der Waals surface area contributed by atoms with E-state index in [0.717, 1.165) is 5.56 Å². The predicted molar refractivity (Wildman–Crippen MR) is 59.4 cm³/mol. The van der Waals surface area contributed by atoms with Gasteiger partial charge in [0.1, 0.15) is 0 Å². The van der Waals surface area contributed by atoms with Crippen LogP contribution in [0.2, 0.25) is 0 Å². The summed E-state index contributed by atoms with van der Waals surface area (Å²) in [5.41, 5.74) is 5.39. The number of hydrogen-bond donors (Lipinski definition) is 2. The van der Waals surface area contributed by atoms with Gasteiger partial charge in [-0.1, -0.05) is 0 Å². The van der Waals surface area contributed by atoms with Crippen LogP contribution >= 0.6 is 0 Å². The molecule has 2 amide bonds. The van der Waals surface area contributed by atoms with Crippen molar-refractivity contribution in [2.75, 3.05) is 0 Å². The second-order valence-electron chi connectivity index (χ2n) is 4.23. The normalized spacial score (nSPS) is 10.9. The smallest absolute Gasteiger partial charge is 0.309 e. The van der Waals surface area contributed by atoms with Crippen LogP contribution in [0, 0.1) is 0 Å². The van der Waals surface area contributed by atoms with Crippen molar-refractivity contribution in [3.8, 4) is 0 Å². The topological polar surface area (TPSA) is 85.1 Å². The summed E-state index contributed by atoms with van der Waals surface area (Å²) < 4.78 is 0. The maximum Gasteiger partial charge on any atom is 0.309 e. The highest BCUT2D eigenvalue weighted by Gasteiger charge is 2.23. The molecule has 0 aliphatic carbocycles. The summed E-state index contributed by atoms with van der Waals surface area (Å²) in [6.45, 7) is 3.66. The third-order valence-corrected chi connectivity index (χ3v) is 2.07. The molecule has 0 bridgehead atoms. The van der Waals surface area contributed by atoms with Crippen molar-refractivity contribution in [2.45, 2.75) is 25.8 Å². The van der Waals surface area contributed by atoms with Gasteiger partial charge in [0.15, 0.2) is 0 Å². The lowest BCUT2D eigenvalue weighted by atomic mass is 9.95. The molecule has 0 radical (unpaired) electrons. The molecule has 3 N–H and O–H groups in total. The zero-order valence-electron chi connectivity index (χ0n) is 9.36. The van der Waals surface area contributed by atoms with E-state index in [4.69, 9.17) is 5.73 Å². The number of hydrogen-bond acceptors (Lipinski definition) is 3. The van der Waals surface area contributed by atoms with Gasteiger partial charge in [0.05, 0.1) is 0 Å². The SMILES string of the molecule is CC(C)(Cc1ccncc1)NC(=O)C(N)=O. The third kappa shape index (κ3) is 3.68. The fourth-order valence-electron chi connectivity index (χ4n) is 1.42. The predicted octanol–water partition coefficient (Wildman–Crippen LogP) is 0.00420. The zero-order chi connectivity index (χ0) is 12.2. The van der Waals surface area contributed by atoms with Crippen molar-refractivity contribution < 1.29 is 9.59 Å². The van der Waals surface area contributed by atoms with Crippen LogP contribution < -0.4 is 11.1 Å². The highest BCUT2D eigenvalue weighted by molar-refractivity contribution is 6.34. The Bertz CT molecular complexity index is 387. The maximum absolute atomic E-state index is 11.2. The second kappa shape index (κ2) is 4.74. The van der Waals surface area contributed by atoms with Gasteiger partial charge in [0.25, 0.3) is 0 Å². The van der Waals surface area contributed by atoms with E-state index in [9.17, 15) is 9.59 Å². The lowest BCUT2D eigenvalue weighted by Gasteiger charge is -2.25. The van der Waals surface area contributed by atoms with Crippen molar-refractivity contribution in [3.63, 3.8) is 0 Å². The van der Waals surface area contributed by atoms with Crippen LogP contribution in [0.1, 0.15) is 19.4 Å². The Morgan fingerprint density at radius 1 is 1.38 bits per heavy atom. The van der Waals surface area contributed by atoms with Crippen molar-refractivity contribution >= 4 is 11.8 Å². The molecule has 0 aliphatic rings. The van der Waals surface area contributed by atoms with E-state index in [1.54, 1.807) is 12.4 Å². The van der Waals surface area contributed by atoms with Gasteiger partial charge < -0.3 is 11.1 Å². The number of nitrogens with zero attached hydrogens (tertiary/aromatic N) is 1. The van der Waals surface area contributed by atoms with E-state index >= 15 is 0 Å². The first kappa shape index (κ1) is 12.2. The summed E-state index contributed by atoms with van der Waals surface area (Å²) in [6, 6.07) is 3.72. The van der Waals surface area contributed by atoms with Gasteiger partial charge in [0, 0.05) is 17.9 Å². The van der Waals surface area contributed by atoms with Gasteiger partial charge >= 0.3 is 11.8 Å². The average molecular weight is 221 g/mol. The number of primary amides is 1. The summed E-state index contributed by atoms with van der Waals surface area (Å²) in [5.74, 6) is -1.73. The highest BCUT2D eigenvalue weighted by atomic mass is 16.2. The molecule has 0 unspecified atom stereocenters. The Hall–Kier alpha value is -1.91. The number of aromatic nitrogens is 1. The first-order valence-electron chi connectivity index (χ1n) is 4.91. The third-order valence-electron chi connectivity index (χ3n) is 2.07. The first-order chi connectivity index (χ1) is 7.41. The Labute approximate surface area is 94.1 Å². The van der Waals surface area contributed by atoms with Crippen LogP contribution in [0.25, 0.3) is 0 Å². The quantitative estimate of drug-likeness (QED) is 0.705. The zero-order valence-corrected chi connectivity index (χ0v) is 9.36. The molecule has 0 aliphatic heterocycles. The Morgan fingerprint density at radius 2 is 1.94 bits per heavy atom. The number of pyridine rings is 1. The fraction of sp³-hybridized carbons (Fsp3) is 0.364. The van der Waals surface area contributed by atoms with Crippen LogP contribution in [0.4, 0.5) is 0 Å². The number of rotatable bonds is 3. The summed E-state index contributed by atoms with van der Waals surface area (Å²) in [5, 5.41) is 2.57. The van der Waals surface area contributed by atoms with Crippen LogP contribution in [0.3, 0.4) is 0 Å². The minimum Gasteiger partial charge on any atom is -0.361 e. The average Bonchev–Trinajstić information content (AvgIpc) is 2.17. The van der Waals surface area contributed by atoms with E-state index in [1.807, 2.05) is 26.0 Å². The Morgan fingerprint density at radius 3 is 2.44 bits per heavy atom. The minimum atomic E-state index is -0.970. The van der Waals surface area contributed by atoms with E-state index in [1.165, 1.54) is 0 Å². The van der Waals surface area contributed by atoms with Crippen LogP contribution in [-0.4, -0.2) is 22.3 Å². The summed E-state index contributed by atoms with van der Waals surface area (Å²) >= 11 is 0. The van der Waals surface area contributed by atoms with Crippen molar-refractivity contribution in [1.82, 2.24) is 10.3 Å². The summed E-state index contributed by atoms with van der Waals surface area (Å²) in [7, 11) is 0. The number of nitrogens with two attached hydrogens (primary N) is 1. The Kier molecular flexibility index (Phi) is 3.60. The lowest BCUT2D eigenvalue weighted by molar-refractivity contribution is -0.138. The molecule has 0 atom stereocenters. The molecule has 5 nitrogen and oxygen atoms in total. The molecule has 1 rings (SSSR count). The first-order valence-corrected chi connectivity index (χ1v) is 4.91. The highest BCUT2D eigenvalue weighted by Crippen LogP contribution is 2.11. The standard InChI is InChI=1S/C11H15N3O2/c1-11(2,14-10(16)9(12)15)7-8-3-5-13-6-4-8/h3-6H,7H2,1-2H3,(H2,12,15)(H,14,16). The van der Waals surface area contributed by atoms with Gasteiger partial charge in [-0.15, -0.1) is 0 Å². The minimum absolute atomic E-state index is 0.520. The maximum atomic E-state index is 11.2. The van der Waals surface area contributed by atoms with Gasteiger partial charge in [-0.3, -0.25) is 14.6 Å². The molecule has 0 saturated carbocycles. The molecule has 86 valence electrons. The van der Waals surface area contributed by atoms with Crippen molar-refractivity contribution in [2.24, 2.45) is 5.73 Å². The van der Waals surface area contributed by atoms with Crippen molar-refractivity contribution in [1.29, 1.82) is 0 Å². The molecular weight excluding hydrogens is 206 g/mol. The number of nitrogens with one attached hydrogen (secondary N) is 1. The largest absolute Gasteiger partial charge is 0.361 e. The molecule has 0 spiro atoms. The number of amides is 2. The fourth-order valence-corrected chi connectivity index (χ4v) is 1.42. The number of carbonyl (C=O) groups excluding carboxylic acids is 2. The molecule has 0 aromatic carbocycles. The number of carbonyl (C=O) groups is 2. The lowest BCUT2D eigenvalue weighted by Crippen LogP contribution is -2.49. The van der Waals surface area contributed by atoms with Crippen molar-refractivity contribution in [3.05, 3.63) is 30.1 Å². The summed E-state index contributed by atoms with van der Waals surface area (Å²) in [4.78, 5) is 25.7. The van der Waals surface area contributed by atoms with E-state index in [-0.39, 0.29) is 0 Å². The Balaban J connectivity index is 2.65. The molecule has 0 fully saturated rings. The molecule has 1 aromatic rings. The van der Waals surface area contributed by atoms with Crippen LogP contribution in [0.5, 0.6) is 0 Å². The van der Waals surface area contributed by atoms with E-state index < -0.39 is 17.4 Å². The van der Waals surface area contributed by atoms with Crippen LogP contribution in [0.15, 0.2) is 24.5 Å². The molecular formula is C11H15N3O2. The molecule has 16 heavy (non-hydrogen) atoms. The molecule has 5 heteroatoms.